The molecule has 116 valence electrons. The maximum absolute atomic E-state index is 4.57. The van der Waals surface area contributed by atoms with Gasteiger partial charge in [0.15, 0.2) is 5.96 Å². The molecule has 0 fully saturated rings. The molecule has 0 amide bonds. The van der Waals surface area contributed by atoms with Crippen LogP contribution in [0.5, 0.6) is 0 Å². The maximum atomic E-state index is 4.57. The zero-order valence-corrected chi connectivity index (χ0v) is 15.5. The van der Waals surface area contributed by atoms with Crippen LogP contribution in [0.15, 0.2) is 34.8 Å². The standard InChI is InChI=1S/C14H21N5S.HI/c1-3-15-14(16-8-7-13-5-4-10-20-13)17-11-12-6-9-18-19(12)2;/h4-6,9-10H,3,7-8,11H2,1-2H3,(H2,15,16,17);1H. The van der Waals surface area contributed by atoms with Gasteiger partial charge in [0, 0.05) is 31.2 Å². The Morgan fingerprint density at radius 3 is 2.86 bits per heavy atom. The zero-order chi connectivity index (χ0) is 14.2. The minimum absolute atomic E-state index is 0. The van der Waals surface area contributed by atoms with Gasteiger partial charge in [0.05, 0.1) is 12.2 Å². The molecular weight excluding hydrogens is 397 g/mol. The van der Waals surface area contributed by atoms with E-state index in [1.54, 1.807) is 17.5 Å². The van der Waals surface area contributed by atoms with E-state index in [4.69, 9.17) is 0 Å². The normalized spacial score (nSPS) is 11.0. The van der Waals surface area contributed by atoms with Crippen molar-refractivity contribution in [1.82, 2.24) is 20.4 Å². The van der Waals surface area contributed by atoms with Crippen LogP contribution < -0.4 is 10.6 Å². The van der Waals surface area contributed by atoms with E-state index in [0.29, 0.717) is 6.54 Å². The number of rotatable bonds is 6. The lowest BCUT2D eigenvalue weighted by Gasteiger charge is -2.10. The fraction of sp³-hybridized carbons (Fsp3) is 0.429. The van der Waals surface area contributed by atoms with Gasteiger partial charge in [-0.2, -0.15) is 5.10 Å². The van der Waals surface area contributed by atoms with Crippen LogP contribution >= 0.6 is 35.3 Å². The van der Waals surface area contributed by atoms with Crippen molar-refractivity contribution in [2.75, 3.05) is 13.1 Å². The molecule has 2 aromatic rings. The number of thiophene rings is 1. The Bertz CT molecular complexity index is 535. The van der Waals surface area contributed by atoms with E-state index >= 15 is 0 Å². The molecule has 0 aromatic carbocycles. The number of nitrogens with zero attached hydrogens (tertiary/aromatic N) is 3. The van der Waals surface area contributed by atoms with Gasteiger partial charge in [-0.25, -0.2) is 4.99 Å². The number of aromatic nitrogens is 2. The molecule has 0 saturated carbocycles. The number of nitrogens with one attached hydrogen (secondary N) is 2. The molecule has 0 atom stereocenters. The zero-order valence-electron chi connectivity index (χ0n) is 12.4. The van der Waals surface area contributed by atoms with E-state index < -0.39 is 0 Å². The molecule has 0 saturated heterocycles. The fourth-order valence-electron chi connectivity index (χ4n) is 1.82. The number of hydrogen-bond donors (Lipinski definition) is 2. The Morgan fingerprint density at radius 1 is 1.38 bits per heavy atom. The molecule has 5 nitrogen and oxygen atoms in total. The average Bonchev–Trinajstić information content (AvgIpc) is 3.08. The summed E-state index contributed by atoms with van der Waals surface area (Å²) in [4.78, 5) is 5.96. The molecule has 0 bridgehead atoms. The minimum atomic E-state index is 0. The summed E-state index contributed by atoms with van der Waals surface area (Å²) in [6.07, 6.45) is 2.82. The van der Waals surface area contributed by atoms with Crippen LogP contribution in [0.25, 0.3) is 0 Å². The lowest BCUT2D eigenvalue weighted by atomic mass is 10.3. The Balaban J connectivity index is 0.00000220. The highest BCUT2D eigenvalue weighted by Crippen LogP contribution is 2.08. The Morgan fingerprint density at radius 2 is 2.24 bits per heavy atom. The molecule has 2 N–H and O–H groups in total. The SMILES string of the molecule is CCNC(=NCc1ccnn1C)NCCc1cccs1.I. The van der Waals surface area contributed by atoms with Crippen molar-refractivity contribution in [2.45, 2.75) is 19.9 Å². The Kier molecular flexibility index (Phi) is 8.36. The lowest BCUT2D eigenvalue weighted by Crippen LogP contribution is -2.38. The monoisotopic (exact) mass is 419 g/mol. The van der Waals surface area contributed by atoms with Crippen LogP contribution in [-0.4, -0.2) is 28.8 Å². The van der Waals surface area contributed by atoms with Gasteiger partial charge in [-0.3, -0.25) is 4.68 Å². The van der Waals surface area contributed by atoms with E-state index in [2.05, 4.69) is 45.2 Å². The first-order valence-electron chi connectivity index (χ1n) is 6.81. The molecule has 21 heavy (non-hydrogen) atoms. The molecule has 0 spiro atoms. The summed E-state index contributed by atoms with van der Waals surface area (Å²) in [5, 5.41) is 12.9. The third kappa shape index (κ3) is 6.04. The summed E-state index contributed by atoms with van der Waals surface area (Å²) in [6, 6.07) is 6.23. The van der Waals surface area contributed by atoms with Crippen LogP contribution in [0.3, 0.4) is 0 Å². The van der Waals surface area contributed by atoms with Crippen LogP contribution in [0.4, 0.5) is 0 Å². The molecule has 0 aliphatic rings. The van der Waals surface area contributed by atoms with Gasteiger partial charge in [-0.1, -0.05) is 6.07 Å². The minimum Gasteiger partial charge on any atom is -0.357 e. The Hall–Kier alpha value is -1.09. The van der Waals surface area contributed by atoms with Crippen molar-refractivity contribution in [2.24, 2.45) is 12.0 Å². The summed E-state index contributed by atoms with van der Waals surface area (Å²) in [5.74, 6) is 0.852. The van der Waals surface area contributed by atoms with E-state index in [0.717, 1.165) is 31.2 Å². The van der Waals surface area contributed by atoms with Crippen LogP contribution in [0, 0.1) is 0 Å². The van der Waals surface area contributed by atoms with E-state index in [1.165, 1.54) is 4.88 Å². The third-order valence-corrected chi connectivity index (χ3v) is 3.85. The number of halogens is 1. The number of guanidine groups is 1. The second-order valence-electron chi connectivity index (χ2n) is 4.40. The molecule has 0 radical (unpaired) electrons. The van der Waals surface area contributed by atoms with Crippen molar-refractivity contribution in [3.63, 3.8) is 0 Å². The summed E-state index contributed by atoms with van der Waals surface area (Å²) in [5.41, 5.74) is 1.10. The van der Waals surface area contributed by atoms with Gasteiger partial charge in [0.2, 0.25) is 0 Å². The quantitative estimate of drug-likeness (QED) is 0.430. The molecule has 2 heterocycles. The maximum Gasteiger partial charge on any atom is 0.191 e. The van der Waals surface area contributed by atoms with Gasteiger partial charge in [0.1, 0.15) is 0 Å². The Labute approximate surface area is 146 Å². The molecule has 0 aliphatic carbocycles. The molecule has 7 heteroatoms. The van der Waals surface area contributed by atoms with Crippen molar-refractivity contribution < 1.29 is 0 Å². The van der Waals surface area contributed by atoms with Gasteiger partial charge >= 0.3 is 0 Å². The van der Waals surface area contributed by atoms with Gasteiger partial charge in [0.25, 0.3) is 0 Å². The summed E-state index contributed by atoms with van der Waals surface area (Å²) in [6.45, 7) is 4.44. The van der Waals surface area contributed by atoms with Crippen molar-refractivity contribution in [3.05, 3.63) is 40.3 Å². The molecule has 0 aliphatic heterocycles. The van der Waals surface area contributed by atoms with E-state index in [9.17, 15) is 0 Å². The second kappa shape index (κ2) is 9.78. The first-order valence-corrected chi connectivity index (χ1v) is 7.69. The second-order valence-corrected chi connectivity index (χ2v) is 5.43. The predicted molar refractivity (Wildman–Crippen MR) is 99.5 cm³/mol. The lowest BCUT2D eigenvalue weighted by molar-refractivity contribution is 0.707. The molecule has 2 rings (SSSR count). The van der Waals surface area contributed by atoms with Crippen LogP contribution in [0.2, 0.25) is 0 Å². The predicted octanol–water partition coefficient (Wildman–Crippen LogP) is 2.40. The average molecular weight is 419 g/mol. The van der Waals surface area contributed by atoms with Gasteiger partial charge < -0.3 is 10.6 Å². The molecule has 0 unspecified atom stereocenters. The first-order chi connectivity index (χ1) is 9.79. The smallest absolute Gasteiger partial charge is 0.191 e. The summed E-state index contributed by atoms with van der Waals surface area (Å²) in [7, 11) is 1.93. The first kappa shape index (κ1) is 18.0. The number of hydrogen-bond acceptors (Lipinski definition) is 3. The van der Waals surface area contributed by atoms with Crippen molar-refractivity contribution >= 4 is 41.3 Å². The van der Waals surface area contributed by atoms with Crippen molar-refractivity contribution in [1.29, 1.82) is 0 Å². The van der Waals surface area contributed by atoms with Gasteiger partial charge in [-0.15, -0.1) is 35.3 Å². The number of aryl methyl sites for hydroxylation is 1. The van der Waals surface area contributed by atoms with Crippen LogP contribution in [-0.2, 0) is 20.0 Å². The largest absolute Gasteiger partial charge is 0.357 e. The van der Waals surface area contributed by atoms with E-state index in [1.807, 2.05) is 17.8 Å². The highest BCUT2D eigenvalue weighted by atomic mass is 127. The highest BCUT2D eigenvalue weighted by molar-refractivity contribution is 14.0. The van der Waals surface area contributed by atoms with Gasteiger partial charge in [-0.05, 0) is 30.9 Å². The molecular formula is C14H22IN5S. The number of aliphatic imine (C=N–C) groups is 1. The third-order valence-electron chi connectivity index (χ3n) is 2.91. The summed E-state index contributed by atoms with van der Waals surface area (Å²) >= 11 is 1.79. The topological polar surface area (TPSA) is 54.2 Å². The molecule has 2 aromatic heterocycles. The van der Waals surface area contributed by atoms with Crippen molar-refractivity contribution in [3.8, 4) is 0 Å². The fourth-order valence-corrected chi connectivity index (χ4v) is 2.53. The summed E-state index contributed by atoms with van der Waals surface area (Å²) < 4.78 is 1.85. The van der Waals surface area contributed by atoms with E-state index in [-0.39, 0.29) is 24.0 Å². The highest BCUT2D eigenvalue weighted by Gasteiger charge is 2.00. The van der Waals surface area contributed by atoms with Crippen LogP contribution in [0.1, 0.15) is 17.5 Å².